The normalized spacial score (nSPS) is 17.8. The fraction of sp³-hybridized carbons (Fsp3) is 0.500. The molecule has 0 radical (unpaired) electrons. The maximum Gasteiger partial charge on any atom is 0.224 e. The van der Waals surface area contributed by atoms with E-state index < -0.39 is 0 Å². The molecule has 106 valence electrons. The molecule has 0 aromatic heterocycles. The molecule has 2 rings (SSSR count). The van der Waals surface area contributed by atoms with Crippen LogP contribution in [-0.2, 0) is 4.79 Å². The number of halogens is 1. The monoisotopic (exact) mass is 300 g/mol. The lowest BCUT2D eigenvalue weighted by Crippen LogP contribution is -2.33. The van der Waals surface area contributed by atoms with Gasteiger partial charge < -0.3 is 10.6 Å². The van der Waals surface area contributed by atoms with Gasteiger partial charge in [-0.25, -0.2) is 0 Å². The van der Waals surface area contributed by atoms with Gasteiger partial charge in [-0.3, -0.25) is 4.79 Å². The van der Waals surface area contributed by atoms with Gasteiger partial charge in [-0.1, -0.05) is 17.7 Å². The van der Waals surface area contributed by atoms with Crippen LogP contribution >= 0.6 is 24.2 Å². The molecular weight excluding hydrogens is 280 g/mol. The van der Waals surface area contributed by atoms with Gasteiger partial charge in [0.15, 0.2) is 0 Å². The Labute approximate surface area is 125 Å². The minimum Gasteiger partial charge on any atom is -0.355 e. The summed E-state index contributed by atoms with van der Waals surface area (Å²) in [6.07, 6.45) is 0.969. The highest BCUT2D eigenvalue weighted by atomic mass is 35.5. The molecule has 19 heavy (non-hydrogen) atoms. The second-order valence-corrected chi connectivity index (χ2v) is 5.81. The topological polar surface area (TPSA) is 41.1 Å². The third kappa shape index (κ3) is 5.43. The quantitative estimate of drug-likeness (QED) is 0.647. The summed E-state index contributed by atoms with van der Waals surface area (Å²) in [6, 6.07) is 8.49. The standard InChI is InChI=1S/C14H20N2OS.ClH/c1-11-2-4-13(5-3-11)18-9-8-16-14(17)12-6-7-15-10-12;/h2-5,12,15H,6-10H2,1H3,(H,16,17);1H. The molecule has 5 heteroatoms. The van der Waals surface area contributed by atoms with Gasteiger partial charge in [-0.05, 0) is 32.0 Å². The number of hydrogen-bond acceptors (Lipinski definition) is 3. The van der Waals surface area contributed by atoms with Crippen molar-refractivity contribution in [1.82, 2.24) is 10.6 Å². The summed E-state index contributed by atoms with van der Waals surface area (Å²) in [5.41, 5.74) is 1.28. The van der Waals surface area contributed by atoms with Crippen molar-refractivity contribution < 1.29 is 4.79 Å². The van der Waals surface area contributed by atoms with E-state index in [9.17, 15) is 4.79 Å². The molecular formula is C14H21ClN2OS. The molecule has 1 aliphatic heterocycles. The largest absolute Gasteiger partial charge is 0.355 e. The molecule has 3 nitrogen and oxygen atoms in total. The second-order valence-electron chi connectivity index (χ2n) is 4.64. The van der Waals surface area contributed by atoms with Crippen molar-refractivity contribution in [3.05, 3.63) is 29.8 Å². The third-order valence-corrected chi connectivity index (χ3v) is 4.14. The van der Waals surface area contributed by atoms with Crippen molar-refractivity contribution in [3.63, 3.8) is 0 Å². The number of hydrogen-bond donors (Lipinski definition) is 2. The average molecular weight is 301 g/mol. The third-order valence-electron chi connectivity index (χ3n) is 3.12. The van der Waals surface area contributed by atoms with Crippen molar-refractivity contribution in [1.29, 1.82) is 0 Å². The molecule has 0 bridgehead atoms. The van der Waals surface area contributed by atoms with Crippen LogP contribution < -0.4 is 10.6 Å². The van der Waals surface area contributed by atoms with Crippen molar-refractivity contribution in [2.75, 3.05) is 25.4 Å². The first-order valence-corrected chi connectivity index (χ1v) is 7.42. The molecule has 1 saturated heterocycles. The number of rotatable bonds is 5. The van der Waals surface area contributed by atoms with Crippen molar-refractivity contribution >= 4 is 30.1 Å². The first-order valence-electron chi connectivity index (χ1n) is 6.43. The Hall–Kier alpha value is -0.710. The first-order chi connectivity index (χ1) is 8.75. The van der Waals surface area contributed by atoms with Gasteiger partial charge in [0.2, 0.25) is 5.91 Å². The van der Waals surface area contributed by atoms with Gasteiger partial charge in [0.25, 0.3) is 0 Å². The minimum absolute atomic E-state index is 0. The van der Waals surface area contributed by atoms with E-state index in [1.165, 1.54) is 10.5 Å². The van der Waals surface area contributed by atoms with E-state index in [0.717, 1.165) is 31.8 Å². The highest BCUT2D eigenvalue weighted by molar-refractivity contribution is 7.99. The molecule has 0 aliphatic carbocycles. The van der Waals surface area contributed by atoms with Crippen LogP contribution in [-0.4, -0.2) is 31.3 Å². The number of aryl methyl sites for hydroxylation is 1. The fourth-order valence-electron chi connectivity index (χ4n) is 2.00. The van der Waals surface area contributed by atoms with Crippen LogP contribution in [0.5, 0.6) is 0 Å². The summed E-state index contributed by atoms with van der Waals surface area (Å²) in [5.74, 6) is 1.30. The van der Waals surface area contributed by atoms with Crippen molar-refractivity contribution in [2.45, 2.75) is 18.2 Å². The molecule has 0 saturated carbocycles. The number of carbonyl (C=O) groups excluding carboxylic acids is 1. The number of thioether (sulfide) groups is 1. The summed E-state index contributed by atoms with van der Waals surface area (Å²) in [7, 11) is 0. The zero-order valence-electron chi connectivity index (χ0n) is 11.1. The molecule has 1 amide bonds. The summed E-state index contributed by atoms with van der Waals surface area (Å²) in [6.45, 7) is 4.63. The molecule has 1 aliphatic rings. The fourth-order valence-corrected chi connectivity index (χ4v) is 2.77. The van der Waals surface area contributed by atoms with Gasteiger partial charge >= 0.3 is 0 Å². The van der Waals surface area contributed by atoms with Crippen LogP contribution in [0.1, 0.15) is 12.0 Å². The molecule has 1 aromatic carbocycles. The lowest BCUT2D eigenvalue weighted by atomic mass is 10.1. The summed E-state index contributed by atoms with van der Waals surface area (Å²) in [5, 5.41) is 6.22. The van der Waals surface area contributed by atoms with E-state index in [4.69, 9.17) is 0 Å². The smallest absolute Gasteiger partial charge is 0.224 e. The number of amides is 1. The Morgan fingerprint density at radius 1 is 1.42 bits per heavy atom. The van der Waals surface area contributed by atoms with E-state index >= 15 is 0 Å². The predicted molar refractivity (Wildman–Crippen MR) is 83.1 cm³/mol. The predicted octanol–water partition coefficient (Wildman–Crippen LogP) is 2.23. The van der Waals surface area contributed by atoms with Gasteiger partial charge in [0, 0.05) is 23.7 Å². The van der Waals surface area contributed by atoms with Crippen LogP contribution in [0.25, 0.3) is 0 Å². The first kappa shape index (κ1) is 16.3. The number of nitrogens with one attached hydrogen (secondary N) is 2. The summed E-state index contributed by atoms with van der Waals surface area (Å²) in [4.78, 5) is 13.0. The van der Waals surface area contributed by atoms with Crippen LogP contribution in [0.15, 0.2) is 29.2 Å². The molecule has 1 atom stereocenters. The zero-order chi connectivity index (χ0) is 12.8. The second kappa shape index (κ2) is 8.46. The van der Waals surface area contributed by atoms with Crippen LogP contribution in [0.2, 0.25) is 0 Å². The Balaban J connectivity index is 0.00000180. The average Bonchev–Trinajstić information content (AvgIpc) is 2.90. The van der Waals surface area contributed by atoms with E-state index in [2.05, 4.69) is 41.8 Å². The van der Waals surface area contributed by atoms with Gasteiger partial charge in [-0.2, -0.15) is 0 Å². The lowest BCUT2D eigenvalue weighted by Gasteiger charge is -2.09. The SMILES string of the molecule is Cc1ccc(SCCNC(=O)C2CCNC2)cc1.Cl. The van der Waals surface area contributed by atoms with E-state index in [1.54, 1.807) is 11.8 Å². The summed E-state index contributed by atoms with van der Waals surface area (Å²) >= 11 is 1.78. The molecule has 1 fully saturated rings. The zero-order valence-corrected chi connectivity index (χ0v) is 12.8. The molecule has 1 heterocycles. The minimum atomic E-state index is 0. The van der Waals surface area contributed by atoms with Crippen LogP contribution in [0.3, 0.4) is 0 Å². The molecule has 0 spiro atoms. The highest BCUT2D eigenvalue weighted by Gasteiger charge is 2.21. The van der Waals surface area contributed by atoms with Gasteiger partial charge in [0.1, 0.15) is 0 Å². The highest BCUT2D eigenvalue weighted by Crippen LogP contribution is 2.17. The van der Waals surface area contributed by atoms with Crippen LogP contribution in [0, 0.1) is 12.8 Å². The van der Waals surface area contributed by atoms with Gasteiger partial charge in [0.05, 0.1) is 5.92 Å². The van der Waals surface area contributed by atoms with E-state index in [0.29, 0.717) is 0 Å². The van der Waals surface area contributed by atoms with E-state index in [1.807, 2.05) is 0 Å². The Morgan fingerprint density at radius 3 is 2.79 bits per heavy atom. The molecule has 1 aromatic rings. The maximum absolute atomic E-state index is 11.7. The Morgan fingerprint density at radius 2 is 2.16 bits per heavy atom. The number of benzene rings is 1. The lowest BCUT2D eigenvalue weighted by molar-refractivity contribution is -0.124. The Bertz CT molecular complexity index is 391. The molecule has 1 unspecified atom stereocenters. The Kier molecular flexibility index (Phi) is 7.28. The molecule has 2 N–H and O–H groups in total. The maximum atomic E-state index is 11.7. The van der Waals surface area contributed by atoms with Crippen molar-refractivity contribution in [2.24, 2.45) is 5.92 Å². The van der Waals surface area contributed by atoms with Crippen molar-refractivity contribution in [3.8, 4) is 0 Å². The van der Waals surface area contributed by atoms with Gasteiger partial charge in [-0.15, -0.1) is 24.2 Å². The van der Waals surface area contributed by atoms with Crippen LogP contribution in [0.4, 0.5) is 0 Å². The van der Waals surface area contributed by atoms with E-state index in [-0.39, 0.29) is 24.2 Å². The summed E-state index contributed by atoms with van der Waals surface area (Å²) < 4.78 is 0. The number of carbonyl (C=O) groups is 1.